The number of nitrogens with two attached hydrogens (primary N) is 1. The van der Waals surface area contributed by atoms with E-state index in [1.165, 1.54) is 0 Å². The van der Waals surface area contributed by atoms with E-state index < -0.39 is 0 Å². The zero-order chi connectivity index (χ0) is 21.0. The number of nitrogens with zero attached hydrogens (tertiary/aromatic N) is 1. The average molecular weight is 405 g/mol. The number of pyridine rings is 1. The van der Waals surface area contributed by atoms with E-state index in [2.05, 4.69) is 13.8 Å². The maximum absolute atomic E-state index is 13.3. The Morgan fingerprint density at radius 3 is 2.60 bits per heavy atom. The van der Waals surface area contributed by atoms with Crippen molar-refractivity contribution in [1.82, 2.24) is 4.98 Å². The second-order valence-electron chi connectivity index (χ2n) is 9.46. The highest BCUT2D eigenvalue weighted by Gasteiger charge is 2.44. The van der Waals surface area contributed by atoms with Crippen molar-refractivity contribution >= 4 is 11.5 Å². The summed E-state index contributed by atoms with van der Waals surface area (Å²) in [6.45, 7) is 4.23. The summed E-state index contributed by atoms with van der Waals surface area (Å²) < 4.78 is 11.7. The number of allylic oxidation sites excluding steroid dienone is 2. The van der Waals surface area contributed by atoms with Gasteiger partial charge in [-0.05, 0) is 54.4 Å². The Balaban J connectivity index is 1.74. The molecule has 2 N–H and O–H groups in total. The molecule has 2 aliphatic carbocycles. The molecule has 2 aromatic rings. The molecule has 156 valence electrons. The summed E-state index contributed by atoms with van der Waals surface area (Å²) in [5.41, 5.74) is 12.2. The third-order valence-corrected chi connectivity index (χ3v) is 6.65. The van der Waals surface area contributed by atoms with Crippen LogP contribution in [0.3, 0.4) is 0 Å². The van der Waals surface area contributed by atoms with Gasteiger partial charge in [0, 0.05) is 35.7 Å². The quantitative estimate of drug-likeness (QED) is 0.784. The van der Waals surface area contributed by atoms with Crippen LogP contribution in [0.25, 0.3) is 0 Å². The van der Waals surface area contributed by atoms with E-state index in [0.29, 0.717) is 12.3 Å². The Morgan fingerprint density at radius 2 is 1.87 bits per heavy atom. The number of hydrogen-bond donors (Lipinski definition) is 1. The molecule has 1 aliphatic heterocycles. The average Bonchev–Trinajstić information content (AvgIpc) is 2.71. The van der Waals surface area contributed by atoms with Crippen LogP contribution in [0.4, 0.5) is 5.69 Å². The Labute approximate surface area is 177 Å². The monoisotopic (exact) mass is 404 g/mol. The van der Waals surface area contributed by atoms with E-state index in [1.54, 1.807) is 7.11 Å². The van der Waals surface area contributed by atoms with Crippen molar-refractivity contribution in [2.24, 2.45) is 5.41 Å². The predicted molar refractivity (Wildman–Crippen MR) is 116 cm³/mol. The third kappa shape index (κ3) is 2.99. The van der Waals surface area contributed by atoms with Crippen molar-refractivity contribution in [1.29, 1.82) is 0 Å². The fraction of sp³-hybridized carbons (Fsp3) is 0.440. The first-order chi connectivity index (χ1) is 14.4. The number of nitrogen functional groups attached to an aromatic ring is 1. The van der Waals surface area contributed by atoms with Crippen LogP contribution in [0.2, 0.25) is 0 Å². The Morgan fingerprint density at radius 1 is 1.13 bits per heavy atom. The number of anilines is 1. The molecule has 1 aromatic carbocycles. The fourth-order valence-electron chi connectivity index (χ4n) is 5.20. The molecule has 0 saturated carbocycles. The van der Waals surface area contributed by atoms with Crippen LogP contribution >= 0.6 is 0 Å². The van der Waals surface area contributed by atoms with E-state index in [1.807, 2.05) is 24.3 Å². The number of Topliss-reactive ketones (excluding diaryl/α,β-unsaturated/α-hetero) is 1. The van der Waals surface area contributed by atoms with Gasteiger partial charge in [0.15, 0.2) is 5.78 Å². The maximum Gasteiger partial charge on any atom is 0.225 e. The Kier molecular flexibility index (Phi) is 4.38. The minimum Gasteiger partial charge on any atom is -0.497 e. The minimum absolute atomic E-state index is 0.127. The van der Waals surface area contributed by atoms with Gasteiger partial charge in [-0.2, -0.15) is 0 Å². The van der Waals surface area contributed by atoms with Crippen molar-refractivity contribution in [3.63, 3.8) is 0 Å². The van der Waals surface area contributed by atoms with Gasteiger partial charge in [0.25, 0.3) is 0 Å². The number of ether oxygens (including phenoxy) is 2. The SMILES string of the molecule is COc1ccc(C2C3=C(CC(C)(C)CC3=O)Oc3nc4c(c(N)c32)CCCC4)cc1. The van der Waals surface area contributed by atoms with Gasteiger partial charge in [0.2, 0.25) is 5.88 Å². The first-order valence-electron chi connectivity index (χ1n) is 10.8. The lowest BCUT2D eigenvalue weighted by atomic mass is 9.69. The number of hydrogen-bond acceptors (Lipinski definition) is 5. The number of carbonyl (C=O) groups excluding carboxylic acids is 1. The molecule has 3 aliphatic rings. The molecule has 0 fully saturated rings. The normalized spacial score (nSPS) is 22.0. The summed E-state index contributed by atoms with van der Waals surface area (Å²) >= 11 is 0. The van der Waals surface area contributed by atoms with Crippen LogP contribution in [-0.4, -0.2) is 17.9 Å². The third-order valence-electron chi connectivity index (χ3n) is 6.65. The highest BCUT2D eigenvalue weighted by Crippen LogP contribution is 2.52. The number of fused-ring (bicyclic) bond motifs is 2. The number of benzene rings is 1. The number of ketones is 1. The molecule has 1 unspecified atom stereocenters. The highest BCUT2D eigenvalue weighted by molar-refractivity contribution is 6.00. The van der Waals surface area contributed by atoms with Gasteiger partial charge in [-0.1, -0.05) is 26.0 Å². The lowest BCUT2D eigenvalue weighted by molar-refractivity contribution is -0.118. The van der Waals surface area contributed by atoms with Crippen LogP contribution in [-0.2, 0) is 17.6 Å². The van der Waals surface area contributed by atoms with Gasteiger partial charge in [0.1, 0.15) is 11.5 Å². The Bertz CT molecular complexity index is 1070. The minimum atomic E-state index is -0.252. The van der Waals surface area contributed by atoms with Crippen LogP contribution in [0.15, 0.2) is 35.6 Å². The highest BCUT2D eigenvalue weighted by atomic mass is 16.5. The first-order valence-corrected chi connectivity index (χ1v) is 10.8. The summed E-state index contributed by atoms with van der Waals surface area (Å²) in [6.07, 6.45) is 5.34. The molecule has 5 nitrogen and oxygen atoms in total. The maximum atomic E-state index is 13.3. The molecule has 30 heavy (non-hydrogen) atoms. The number of methoxy groups -OCH3 is 1. The van der Waals surface area contributed by atoms with E-state index in [4.69, 9.17) is 20.2 Å². The van der Waals surface area contributed by atoms with Crippen molar-refractivity contribution in [2.75, 3.05) is 12.8 Å². The van der Waals surface area contributed by atoms with Gasteiger partial charge < -0.3 is 15.2 Å². The molecule has 0 spiro atoms. The lowest BCUT2D eigenvalue weighted by Gasteiger charge is -2.39. The predicted octanol–water partition coefficient (Wildman–Crippen LogP) is 4.72. The second-order valence-corrected chi connectivity index (χ2v) is 9.46. The number of aryl methyl sites for hydroxylation is 1. The summed E-state index contributed by atoms with van der Waals surface area (Å²) in [5.74, 6) is 2.01. The van der Waals surface area contributed by atoms with E-state index in [9.17, 15) is 4.79 Å². The molecular formula is C25H28N2O3. The van der Waals surface area contributed by atoms with Crippen LogP contribution in [0.1, 0.15) is 67.8 Å². The summed E-state index contributed by atoms with van der Waals surface area (Å²) in [7, 11) is 1.65. The molecule has 0 radical (unpaired) electrons. The summed E-state index contributed by atoms with van der Waals surface area (Å²) in [5, 5.41) is 0. The molecule has 0 amide bonds. The molecule has 5 rings (SSSR count). The number of carbonyl (C=O) groups is 1. The topological polar surface area (TPSA) is 74.4 Å². The van der Waals surface area contributed by atoms with Gasteiger partial charge >= 0.3 is 0 Å². The largest absolute Gasteiger partial charge is 0.497 e. The molecule has 1 aromatic heterocycles. The van der Waals surface area contributed by atoms with Crippen molar-refractivity contribution < 1.29 is 14.3 Å². The van der Waals surface area contributed by atoms with Crippen molar-refractivity contribution in [3.05, 3.63) is 58.0 Å². The van der Waals surface area contributed by atoms with Crippen LogP contribution in [0.5, 0.6) is 11.6 Å². The molecule has 0 bridgehead atoms. The summed E-state index contributed by atoms with van der Waals surface area (Å²) in [4.78, 5) is 18.3. The smallest absolute Gasteiger partial charge is 0.225 e. The van der Waals surface area contributed by atoms with Crippen molar-refractivity contribution in [3.8, 4) is 11.6 Å². The molecule has 1 atom stereocenters. The number of aromatic nitrogens is 1. The Hall–Kier alpha value is -2.82. The molecular weight excluding hydrogens is 376 g/mol. The van der Waals surface area contributed by atoms with Crippen LogP contribution < -0.4 is 15.2 Å². The number of rotatable bonds is 2. The van der Waals surface area contributed by atoms with Crippen LogP contribution in [0, 0.1) is 5.41 Å². The fourth-order valence-corrected chi connectivity index (χ4v) is 5.20. The van der Waals surface area contributed by atoms with E-state index >= 15 is 0 Å². The second kappa shape index (κ2) is 6.86. The van der Waals surface area contributed by atoms with Gasteiger partial charge in [0.05, 0.1) is 12.7 Å². The standard InChI is InChI=1S/C25H28N2O3/c1-25(2)12-18(28)21-19(13-25)30-24-22(20(21)14-8-10-15(29-3)11-9-14)23(26)16-6-4-5-7-17(16)27-24/h8-11,20H,4-7,12-13H2,1-3H3,(H2,26,27). The zero-order valence-electron chi connectivity index (χ0n) is 17.9. The molecule has 5 heteroatoms. The van der Waals surface area contributed by atoms with Gasteiger partial charge in [-0.25, -0.2) is 4.98 Å². The molecule has 0 saturated heterocycles. The van der Waals surface area contributed by atoms with E-state index in [-0.39, 0.29) is 17.1 Å². The van der Waals surface area contributed by atoms with Gasteiger partial charge in [-0.3, -0.25) is 4.79 Å². The molecule has 2 heterocycles. The zero-order valence-corrected chi connectivity index (χ0v) is 17.9. The summed E-state index contributed by atoms with van der Waals surface area (Å²) in [6, 6.07) is 7.91. The van der Waals surface area contributed by atoms with E-state index in [0.717, 1.165) is 77.3 Å². The first kappa shape index (κ1) is 19.2. The lowest BCUT2D eigenvalue weighted by Crippen LogP contribution is -2.34. The van der Waals surface area contributed by atoms with Gasteiger partial charge in [-0.15, -0.1) is 0 Å². The van der Waals surface area contributed by atoms with Crippen molar-refractivity contribution in [2.45, 2.75) is 58.3 Å².